The Labute approximate surface area is 126 Å². The number of ether oxygens (including phenoxy) is 1. The van der Waals surface area contributed by atoms with E-state index in [1.165, 1.54) is 4.90 Å². The minimum absolute atomic E-state index is 0.0776. The number of carbonyl (C=O) groups is 2. The minimum Gasteiger partial charge on any atom is -0.549 e. The first-order chi connectivity index (χ1) is 10.0. The van der Waals surface area contributed by atoms with Crippen LogP contribution < -0.4 is 9.84 Å². The molecule has 1 saturated heterocycles. The number of carboxylic acids is 1. The highest BCUT2D eigenvalue weighted by molar-refractivity contribution is 8.15. The van der Waals surface area contributed by atoms with Crippen LogP contribution in [0.1, 0.15) is 13.3 Å². The molecule has 1 aromatic rings. The molecule has 1 aliphatic heterocycles. The SMILES string of the molecule is CCOc1ccc(N=C2S[C@H](C(=O)[O-])CC(=O)N2C)cc1. The Bertz CT molecular complexity index is 571. The van der Waals surface area contributed by atoms with Crippen LogP contribution >= 0.6 is 11.8 Å². The Morgan fingerprint density at radius 3 is 2.71 bits per heavy atom. The first-order valence-corrected chi connectivity index (χ1v) is 7.35. The lowest BCUT2D eigenvalue weighted by Crippen LogP contribution is -2.45. The largest absolute Gasteiger partial charge is 0.549 e. The Morgan fingerprint density at radius 1 is 1.48 bits per heavy atom. The molecule has 1 aliphatic rings. The van der Waals surface area contributed by atoms with Crippen LogP contribution in [0.15, 0.2) is 29.3 Å². The van der Waals surface area contributed by atoms with Crippen LogP contribution in [0, 0.1) is 0 Å². The standard InChI is InChI=1S/C14H16N2O4S/c1-3-20-10-6-4-9(5-7-10)15-14-16(2)12(17)8-11(21-14)13(18)19/h4-7,11H,3,8H2,1-2H3,(H,18,19)/p-1/t11-/m0/s1. The molecule has 0 aromatic heterocycles. The average molecular weight is 307 g/mol. The van der Waals surface area contributed by atoms with E-state index in [1.54, 1.807) is 31.3 Å². The van der Waals surface area contributed by atoms with Crippen molar-refractivity contribution in [2.75, 3.05) is 13.7 Å². The van der Waals surface area contributed by atoms with E-state index in [0.29, 0.717) is 17.5 Å². The number of carboxylic acid groups (broad SMARTS) is 1. The van der Waals surface area contributed by atoms with Gasteiger partial charge in [0.15, 0.2) is 5.17 Å². The molecule has 112 valence electrons. The quantitative estimate of drug-likeness (QED) is 0.821. The van der Waals surface area contributed by atoms with Gasteiger partial charge in [0.05, 0.1) is 23.5 Å². The van der Waals surface area contributed by atoms with Crippen LogP contribution in [0.3, 0.4) is 0 Å². The fourth-order valence-electron chi connectivity index (χ4n) is 1.78. The molecule has 1 aromatic carbocycles. The normalized spacial score (nSPS) is 20.7. The minimum atomic E-state index is -1.25. The maximum absolute atomic E-state index is 11.8. The highest BCUT2D eigenvalue weighted by Crippen LogP contribution is 2.28. The van der Waals surface area contributed by atoms with E-state index in [1.807, 2.05) is 6.92 Å². The van der Waals surface area contributed by atoms with Crippen molar-refractivity contribution in [2.24, 2.45) is 4.99 Å². The highest BCUT2D eigenvalue weighted by atomic mass is 32.2. The van der Waals surface area contributed by atoms with Crippen molar-refractivity contribution in [1.29, 1.82) is 0 Å². The number of amidine groups is 1. The predicted molar refractivity (Wildman–Crippen MR) is 78.5 cm³/mol. The lowest BCUT2D eigenvalue weighted by molar-refractivity contribution is -0.304. The molecule has 0 bridgehead atoms. The maximum Gasteiger partial charge on any atom is 0.229 e. The van der Waals surface area contributed by atoms with Gasteiger partial charge in [-0.25, -0.2) is 4.99 Å². The van der Waals surface area contributed by atoms with Gasteiger partial charge in [-0.15, -0.1) is 0 Å². The number of hydrogen-bond donors (Lipinski definition) is 0. The number of carbonyl (C=O) groups excluding carboxylic acids is 2. The van der Waals surface area contributed by atoms with Crippen LogP contribution in [0.5, 0.6) is 5.75 Å². The van der Waals surface area contributed by atoms with Crippen LogP contribution in [0.2, 0.25) is 0 Å². The Morgan fingerprint density at radius 2 is 2.14 bits per heavy atom. The Kier molecular flexibility index (Phi) is 4.85. The summed E-state index contributed by atoms with van der Waals surface area (Å²) in [4.78, 5) is 28.4. The maximum atomic E-state index is 11.8. The van der Waals surface area contributed by atoms with E-state index in [9.17, 15) is 14.7 Å². The Hall–Kier alpha value is -2.02. The van der Waals surface area contributed by atoms with Gasteiger partial charge < -0.3 is 14.6 Å². The molecule has 0 radical (unpaired) electrons. The molecule has 2 rings (SSSR count). The molecule has 0 saturated carbocycles. The van der Waals surface area contributed by atoms with E-state index in [0.717, 1.165) is 17.5 Å². The average Bonchev–Trinajstić information content (AvgIpc) is 2.45. The van der Waals surface area contributed by atoms with Crippen LogP contribution in [0.25, 0.3) is 0 Å². The fourth-order valence-corrected chi connectivity index (χ4v) is 2.77. The van der Waals surface area contributed by atoms with Crippen molar-refractivity contribution >= 4 is 34.5 Å². The summed E-state index contributed by atoms with van der Waals surface area (Å²) in [6, 6.07) is 7.04. The van der Waals surface area contributed by atoms with Gasteiger partial charge in [0.1, 0.15) is 5.75 Å². The first-order valence-electron chi connectivity index (χ1n) is 6.47. The summed E-state index contributed by atoms with van der Waals surface area (Å²) < 4.78 is 5.33. The molecule has 7 heteroatoms. The lowest BCUT2D eigenvalue weighted by atomic mass is 10.3. The number of rotatable bonds is 4. The van der Waals surface area contributed by atoms with Crippen molar-refractivity contribution < 1.29 is 19.4 Å². The summed E-state index contributed by atoms with van der Waals surface area (Å²) in [6.07, 6.45) is -0.0776. The van der Waals surface area contributed by atoms with Crippen LogP contribution in [-0.2, 0) is 9.59 Å². The number of hydrogen-bond acceptors (Lipinski definition) is 6. The van der Waals surface area contributed by atoms with Gasteiger partial charge in [0, 0.05) is 13.5 Å². The molecule has 1 amide bonds. The first kappa shape index (κ1) is 15.4. The van der Waals surface area contributed by atoms with Gasteiger partial charge in [-0.1, -0.05) is 11.8 Å². The molecule has 0 unspecified atom stereocenters. The van der Waals surface area contributed by atoms with Gasteiger partial charge in [-0.2, -0.15) is 0 Å². The Balaban J connectivity index is 2.20. The number of thioether (sulfide) groups is 1. The molecule has 0 spiro atoms. The molecular formula is C14H15N2O4S-. The zero-order valence-corrected chi connectivity index (χ0v) is 12.6. The topological polar surface area (TPSA) is 82.0 Å². The van der Waals surface area contributed by atoms with E-state index in [4.69, 9.17) is 4.74 Å². The van der Waals surface area contributed by atoms with Crippen molar-refractivity contribution in [1.82, 2.24) is 4.90 Å². The summed E-state index contributed by atoms with van der Waals surface area (Å²) >= 11 is 1.02. The summed E-state index contributed by atoms with van der Waals surface area (Å²) in [5, 5.41) is 10.4. The van der Waals surface area contributed by atoms with Crippen molar-refractivity contribution in [3.8, 4) is 5.75 Å². The number of amides is 1. The van der Waals surface area contributed by atoms with Gasteiger partial charge in [-0.05, 0) is 31.2 Å². The molecular weight excluding hydrogens is 292 g/mol. The van der Waals surface area contributed by atoms with Gasteiger partial charge >= 0.3 is 0 Å². The monoisotopic (exact) mass is 307 g/mol. The number of benzene rings is 1. The third kappa shape index (κ3) is 3.75. The van der Waals surface area contributed by atoms with Crippen LogP contribution in [0.4, 0.5) is 5.69 Å². The second kappa shape index (κ2) is 6.62. The predicted octanol–water partition coefficient (Wildman–Crippen LogP) is 0.787. The second-order valence-corrected chi connectivity index (χ2v) is 5.57. The van der Waals surface area contributed by atoms with E-state index < -0.39 is 11.2 Å². The van der Waals surface area contributed by atoms with Crippen molar-refractivity contribution in [3.63, 3.8) is 0 Å². The van der Waals surface area contributed by atoms with E-state index in [2.05, 4.69) is 4.99 Å². The molecule has 21 heavy (non-hydrogen) atoms. The zero-order chi connectivity index (χ0) is 15.4. The summed E-state index contributed by atoms with van der Waals surface area (Å²) in [5.74, 6) is -0.803. The third-order valence-corrected chi connectivity index (χ3v) is 4.12. The molecule has 1 atom stereocenters. The molecule has 0 N–H and O–H groups in total. The second-order valence-electron chi connectivity index (χ2n) is 4.40. The van der Waals surface area contributed by atoms with Gasteiger partial charge in [0.25, 0.3) is 0 Å². The molecule has 0 aliphatic carbocycles. The van der Waals surface area contributed by atoms with E-state index >= 15 is 0 Å². The van der Waals surface area contributed by atoms with Crippen molar-refractivity contribution in [3.05, 3.63) is 24.3 Å². The third-order valence-electron chi connectivity index (χ3n) is 2.90. The summed E-state index contributed by atoms with van der Waals surface area (Å²) in [7, 11) is 1.58. The van der Waals surface area contributed by atoms with E-state index in [-0.39, 0.29) is 12.3 Å². The lowest BCUT2D eigenvalue weighted by Gasteiger charge is -2.29. The summed E-state index contributed by atoms with van der Waals surface area (Å²) in [5.41, 5.74) is 0.625. The molecule has 6 nitrogen and oxygen atoms in total. The van der Waals surface area contributed by atoms with Gasteiger partial charge in [0.2, 0.25) is 5.91 Å². The highest BCUT2D eigenvalue weighted by Gasteiger charge is 2.30. The fraction of sp³-hybridized carbons (Fsp3) is 0.357. The smallest absolute Gasteiger partial charge is 0.229 e. The number of nitrogens with zero attached hydrogens (tertiary/aromatic N) is 2. The van der Waals surface area contributed by atoms with Gasteiger partial charge in [-0.3, -0.25) is 9.69 Å². The van der Waals surface area contributed by atoms with Crippen molar-refractivity contribution in [2.45, 2.75) is 18.6 Å². The van der Waals surface area contributed by atoms with Crippen LogP contribution in [-0.4, -0.2) is 40.8 Å². The number of aliphatic carboxylic acids is 1. The molecule has 1 fully saturated rings. The molecule has 1 heterocycles. The zero-order valence-electron chi connectivity index (χ0n) is 11.7. The summed E-state index contributed by atoms with van der Waals surface area (Å²) in [6.45, 7) is 2.47. The number of aliphatic imine (C=N–C) groups is 1.